The summed E-state index contributed by atoms with van der Waals surface area (Å²) < 4.78 is 33.1. The Morgan fingerprint density at radius 3 is 1.25 bits per heavy atom. The third kappa shape index (κ3) is 97.5. The number of hydrogen-bond donors (Lipinski definition) is 1. The van der Waals surface area contributed by atoms with Gasteiger partial charge in [-0.2, -0.15) is 0 Å². The summed E-state index contributed by atoms with van der Waals surface area (Å²) >= 11 is -5.38. The van der Waals surface area contributed by atoms with E-state index in [9.17, 15) is 0 Å². The fraction of sp³-hybridized carbons (Fsp3) is 0. The Hall–Kier alpha value is 2.01. The zero-order valence-corrected chi connectivity index (χ0v) is 7.85. The van der Waals surface area contributed by atoms with Gasteiger partial charge in [0.25, 0.3) is 0 Å². The van der Waals surface area contributed by atoms with E-state index in [1.54, 1.807) is 0 Å². The average Bonchev–Trinajstić information content (AvgIpc) is 0.722. The summed E-state index contributed by atoms with van der Waals surface area (Å²) in [5.41, 5.74) is 0. The first-order valence-corrected chi connectivity index (χ1v) is 2.61. The van der Waals surface area contributed by atoms with Crippen molar-refractivity contribution >= 4 is 17.4 Å². The van der Waals surface area contributed by atoms with Crippen molar-refractivity contribution in [1.82, 2.24) is 0 Å². The topological polar surface area (TPSA) is 103 Å². The quantitative estimate of drug-likeness (QED) is 0.400. The molecule has 0 atom stereocenters. The maximum atomic E-state index is 8.69. The Labute approximate surface area is 102 Å². The van der Waals surface area contributed by atoms with E-state index in [0.717, 1.165) is 0 Å². The molecule has 0 rings (SSSR count). The van der Waals surface area contributed by atoms with Gasteiger partial charge >= 0.3 is 80.0 Å². The van der Waals surface area contributed by atoms with Gasteiger partial charge in [0.05, 0.1) is 0 Å². The van der Waals surface area contributed by atoms with Gasteiger partial charge in [0.1, 0.15) is 0 Å². The molecule has 0 radical (unpaired) electrons. The molecule has 8 heteroatoms. The summed E-state index contributed by atoms with van der Waals surface area (Å²) in [7, 11) is 0. The van der Waals surface area contributed by atoms with E-state index in [1.807, 2.05) is 0 Å². The molecule has 8 heavy (non-hydrogen) atoms. The van der Waals surface area contributed by atoms with E-state index in [1.165, 1.54) is 0 Å². The van der Waals surface area contributed by atoms with Crippen LogP contribution in [0, 0.1) is 0 Å². The van der Waals surface area contributed by atoms with Gasteiger partial charge in [-0.1, -0.05) is 0 Å². The Bertz CT molecular complexity index is 138. The molecular formula is H7AlKMnO5. The van der Waals surface area contributed by atoms with Crippen LogP contribution < -0.4 is 51.4 Å². The molecule has 0 aliphatic carbocycles. The van der Waals surface area contributed by atoms with Crippen molar-refractivity contribution in [2.45, 2.75) is 0 Å². The van der Waals surface area contributed by atoms with Crippen LogP contribution in [0.3, 0.4) is 0 Å². The average molecular weight is 208 g/mol. The molecule has 0 aliphatic rings. The fourth-order valence-electron chi connectivity index (χ4n) is 0. The van der Waals surface area contributed by atoms with Gasteiger partial charge in [-0.3, -0.25) is 0 Å². The van der Waals surface area contributed by atoms with E-state index in [4.69, 9.17) is 15.7 Å². The first-order chi connectivity index (χ1) is 2.00. The van der Waals surface area contributed by atoms with Gasteiger partial charge in [-0.25, -0.2) is 0 Å². The van der Waals surface area contributed by atoms with Gasteiger partial charge < -0.3 is 6.90 Å². The van der Waals surface area contributed by atoms with Crippen molar-refractivity contribution in [2.24, 2.45) is 0 Å². The van der Waals surface area contributed by atoms with Gasteiger partial charge in [0, 0.05) is 0 Å². The first-order valence-electron chi connectivity index (χ1n) is 0.632. The van der Waals surface area contributed by atoms with Gasteiger partial charge in [-0.05, 0) is 0 Å². The van der Waals surface area contributed by atoms with Crippen molar-refractivity contribution in [3.63, 3.8) is 0 Å². The molecule has 0 unspecified atom stereocenters. The van der Waals surface area contributed by atoms with Gasteiger partial charge in [-0.15, -0.1) is 0 Å². The van der Waals surface area contributed by atoms with Crippen LogP contribution in [0.1, 0.15) is 1.43 Å². The number of rotatable bonds is 0. The summed E-state index contributed by atoms with van der Waals surface area (Å²) in [6, 6.07) is 0. The van der Waals surface area contributed by atoms with Crippen LogP contribution in [0.5, 0.6) is 0 Å². The molecule has 0 bridgehead atoms. The molecule has 48 valence electrons. The van der Waals surface area contributed by atoms with Crippen molar-refractivity contribution in [2.75, 3.05) is 0 Å². The van der Waals surface area contributed by atoms with Crippen molar-refractivity contribution in [1.29, 1.82) is 0 Å². The van der Waals surface area contributed by atoms with Crippen LogP contribution in [0.4, 0.5) is 0 Å². The van der Waals surface area contributed by atoms with E-state index in [2.05, 4.69) is 0 Å². The van der Waals surface area contributed by atoms with E-state index >= 15 is 0 Å². The molecule has 0 spiro atoms. The molecule has 0 aliphatic heterocycles. The summed E-state index contributed by atoms with van der Waals surface area (Å²) in [5.74, 6) is 0. The zero-order chi connectivity index (χ0) is 4.50. The third-order valence-electron chi connectivity index (χ3n) is 0. The SMILES string of the molecule is O.[AlH3].[H-].[K+].[O]=[Mn](=[O])(=[O])[OH]. The normalized spacial score (nSPS) is 7.12. The first kappa shape index (κ1) is 22.5. The summed E-state index contributed by atoms with van der Waals surface area (Å²) in [6.07, 6.45) is 0. The van der Waals surface area contributed by atoms with Crippen molar-refractivity contribution in [3.8, 4) is 0 Å². The van der Waals surface area contributed by atoms with Crippen LogP contribution in [-0.4, -0.2) is 27.0 Å². The molecule has 0 heterocycles. The molecule has 0 saturated carbocycles. The molecule has 0 aromatic carbocycles. The van der Waals surface area contributed by atoms with E-state index in [-0.39, 0.29) is 75.6 Å². The maximum absolute atomic E-state index is 8.69. The second-order valence-corrected chi connectivity index (χ2v) is 1.63. The van der Waals surface area contributed by atoms with Crippen molar-refractivity contribution in [3.05, 3.63) is 0 Å². The van der Waals surface area contributed by atoms with E-state index in [0.29, 0.717) is 0 Å². The minimum atomic E-state index is -5.38. The van der Waals surface area contributed by atoms with Crippen molar-refractivity contribution < 1.29 is 87.0 Å². The Balaban J connectivity index is -0.0000000133. The van der Waals surface area contributed by atoms with E-state index < -0.39 is 13.0 Å². The van der Waals surface area contributed by atoms with Crippen LogP contribution in [0.25, 0.3) is 0 Å². The van der Waals surface area contributed by atoms with Crippen LogP contribution >= 0.6 is 0 Å². The number of hydrogen-bond acceptors (Lipinski definition) is 3. The standard InChI is InChI=1S/Al.K.Mn.2H2O.3O.4H/h;;;2*1H2;;;;;;;/q;2*+1;;;;;;;;;-1/p-1. The fourth-order valence-corrected chi connectivity index (χ4v) is 0. The van der Waals surface area contributed by atoms with Gasteiger partial charge in [0.2, 0.25) is 0 Å². The Morgan fingerprint density at radius 2 is 1.25 bits per heavy atom. The minimum absolute atomic E-state index is 0. The molecule has 3 N–H and O–H groups in total. The Kier molecular flexibility index (Phi) is 25.3. The molecular weight excluding hydrogens is 201 g/mol. The van der Waals surface area contributed by atoms with Crippen LogP contribution in [0.15, 0.2) is 0 Å². The second kappa shape index (κ2) is 9.01. The van der Waals surface area contributed by atoms with Crippen LogP contribution in [-0.2, 0) is 24.5 Å². The summed E-state index contributed by atoms with van der Waals surface area (Å²) in [5, 5.41) is 0. The molecule has 0 aromatic heterocycles. The summed E-state index contributed by atoms with van der Waals surface area (Å²) in [6.45, 7) is 0. The van der Waals surface area contributed by atoms with Gasteiger partial charge in [0.15, 0.2) is 17.4 Å². The third-order valence-corrected chi connectivity index (χ3v) is 0. The molecule has 0 saturated heterocycles. The molecule has 0 aromatic rings. The monoisotopic (exact) mass is 208 g/mol. The molecule has 0 fully saturated rings. The predicted octanol–water partition coefficient (Wildman–Crippen LogP) is -5.81. The second-order valence-electron chi connectivity index (χ2n) is 0.396. The summed E-state index contributed by atoms with van der Waals surface area (Å²) in [4.78, 5) is 0. The zero-order valence-electron chi connectivity index (χ0n) is 4.55. The predicted molar refractivity (Wildman–Crippen MR) is 18.9 cm³/mol. The molecule has 5 nitrogen and oxygen atoms in total. The molecule has 0 amide bonds. The Morgan fingerprint density at radius 1 is 1.25 bits per heavy atom. The van der Waals surface area contributed by atoms with Crippen LogP contribution in [0.2, 0.25) is 0 Å².